The highest BCUT2D eigenvalue weighted by molar-refractivity contribution is 5.93. The fourth-order valence-electron chi connectivity index (χ4n) is 2.48. The summed E-state index contributed by atoms with van der Waals surface area (Å²) in [5.41, 5.74) is -0.662. The van der Waals surface area contributed by atoms with Gasteiger partial charge in [-0.3, -0.25) is 4.79 Å². The first-order chi connectivity index (χ1) is 8.70. The van der Waals surface area contributed by atoms with E-state index in [2.05, 4.69) is 6.58 Å². The molecule has 1 aliphatic carbocycles. The van der Waals surface area contributed by atoms with Gasteiger partial charge in [0.15, 0.2) is 0 Å². The lowest BCUT2D eigenvalue weighted by atomic mass is 9.88. The second-order valence-electron chi connectivity index (χ2n) is 6.30. The number of carboxylic acids is 1. The van der Waals surface area contributed by atoms with Crippen LogP contribution in [0.1, 0.15) is 52.9 Å². The molecular formula is C15H24O4. The van der Waals surface area contributed by atoms with E-state index in [1.54, 1.807) is 20.8 Å². The Balaban J connectivity index is 2.76. The molecule has 0 aromatic rings. The maximum absolute atomic E-state index is 12.1. The number of hydrogen-bond acceptors (Lipinski definition) is 3. The summed E-state index contributed by atoms with van der Waals surface area (Å²) in [5, 5.41) is 9.07. The summed E-state index contributed by atoms with van der Waals surface area (Å²) in [6.45, 7) is 8.88. The Labute approximate surface area is 114 Å². The highest BCUT2D eigenvalue weighted by atomic mass is 16.6. The molecule has 1 N–H and O–H groups in total. The average Bonchev–Trinajstić information content (AvgIpc) is 2.74. The Kier molecular flexibility index (Phi) is 5.15. The standard InChI is InChI=1S/C15H24O4/c1-10(13(16)17)12(9-11-7-5-6-8-11)14(18)19-15(2,3)4/h11-12H,1,5-9H2,2-4H3,(H,16,17)/t12-/m1/s1. The molecule has 0 aliphatic heterocycles. The third-order valence-corrected chi connectivity index (χ3v) is 3.43. The summed E-state index contributed by atoms with van der Waals surface area (Å²) in [6.07, 6.45) is 4.98. The van der Waals surface area contributed by atoms with Crippen molar-refractivity contribution in [2.75, 3.05) is 0 Å². The van der Waals surface area contributed by atoms with E-state index >= 15 is 0 Å². The van der Waals surface area contributed by atoms with Crippen LogP contribution in [-0.2, 0) is 14.3 Å². The Bertz CT molecular complexity index is 359. The molecule has 4 heteroatoms. The van der Waals surface area contributed by atoms with Gasteiger partial charge < -0.3 is 9.84 Å². The second-order valence-corrected chi connectivity index (χ2v) is 6.30. The topological polar surface area (TPSA) is 63.6 Å². The van der Waals surface area contributed by atoms with Crippen molar-refractivity contribution in [2.45, 2.75) is 58.5 Å². The van der Waals surface area contributed by atoms with Gasteiger partial charge in [0.05, 0.1) is 5.92 Å². The molecule has 0 bridgehead atoms. The van der Waals surface area contributed by atoms with Gasteiger partial charge in [-0.2, -0.15) is 0 Å². The average molecular weight is 268 g/mol. The molecule has 4 nitrogen and oxygen atoms in total. The molecule has 1 rings (SSSR count). The van der Waals surface area contributed by atoms with Crippen LogP contribution < -0.4 is 0 Å². The van der Waals surface area contributed by atoms with Crippen LogP contribution in [0.15, 0.2) is 12.2 Å². The SMILES string of the molecule is C=C(C(=O)O)[C@@H](CC1CCCC1)C(=O)OC(C)(C)C. The van der Waals surface area contributed by atoms with Crippen molar-refractivity contribution < 1.29 is 19.4 Å². The van der Waals surface area contributed by atoms with Crippen molar-refractivity contribution in [3.05, 3.63) is 12.2 Å². The first-order valence-electron chi connectivity index (χ1n) is 6.85. The molecule has 0 saturated heterocycles. The molecule has 1 aliphatic rings. The number of carboxylic acid groups (broad SMARTS) is 1. The summed E-state index contributed by atoms with van der Waals surface area (Å²) in [7, 11) is 0. The van der Waals surface area contributed by atoms with Crippen LogP contribution in [0.2, 0.25) is 0 Å². The van der Waals surface area contributed by atoms with E-state index in [0.717, 1.165) is 25.7 Å². The zero-order chi connectivity index (χ0) is 14.6. The van der Waals surface area contributed by atoms with Crippen LogP contribution in [0, 0.1) is 11.8 Å². The number of esters is 1. The zero-order valence-electron chi connectivity index (χ0n) is 12.1. The van der Waals surface area contributed by atoms with Crippen LogP contribution in [0.5, 0.6) is 0 Å². The molecule has 19 heavy (non-hydrogen) atoms. The molecule has 0 aromatic carbocycles. The number of carbonyl (C=O) groups excluding carboxylic acids is 1. The van der Waals surface area contributed by atoms with Crippen molar-refractivity contribution in [1.29, 1.82) is 0 Å². The minimum absolute atomic E-state index is 0.0545. The van der Waals surface area contributed by atoms with Crippen LogP contribution in [0.4, 0.5) is 0 Å². The summed E-state index contributed by atoms with van der Waals surface area (Å²) in [6, 6.07) is 0. The van der Waals surface area contributed by atoms with Crippen molar-refractivity contribution in [2.24, 2.45) is 11.8 Å². The number of hydrogen-bond donors (Lipinski definition) is 1. The van der Waals surface area contributed by atoms with Crippen LogP contribution in [-0.4, -0.2) is 22.6 Å². The summed E-state index contributed by atoms with van der Waals surface area (Å²) < 4.78 is 5.32. The molecule has 1 fully saturated rings. The molecule has 0 radical (unpaired) electrons. The Morgan fingerprint density at radius 2 is 1.84 bits per heavy atom. The molecule has 0 unspecified atom stereocenters. The van der Waals surface area contributed by atoms with E-state index < -0.39 is 23.5 Å². The van der Waals surface area contributed by atoms with E-state index in [0.29, 0.717) is 12.3 Å². The minimum Gasteiger partial charge on any atom is -0.478 e. The first kappa shape index (κ1) is 15.7. The van der Waals surface area contributed by atoms with E-state index in [4.69, 9.17) is 9.84 Å². The molecule has 0 spiro atoms. The number of rotatable bonds is 5. The highest BCUT2D eigenvalue weighted by Crippen LogP contribution is 2.33. The smallest absolute Gasteiger partial charge is 0.331 e. The van der Waals surface area contributed by atoms with Gasteiger partial charge in [0, 0.05) is 5.57 Å². The molecule has 0 amide bonds. The zero-order valence-corrected chi connectivity index (χ0v) is 12.1. The van der Waals surface area contributed by atoms with Gasteiger partial charge in [-0.25, -0.2) is 4.79 Å². The van der Waals surface area contributed by atoms with E-state index in [1.165, 1.54) is 0 Å². The van der Waals surface area contributed by atoms with Crippen molar-refractivity contribution in [3.8, 4) is 0 Å². The summed E-state index contributed by atoms with van der Waals surface area (Å²) >= 11 is 0. The van der Waals surface area contributed by atoms with Crippen LogP contribution >= 0.6 is 0 Å². The molecular weight excluding hydrogens is 244 g/mol. The van der Waals surface area contributed by atoms with E-state index in [9.17, 15) is 9.59 Å². The molecule has 0 aromatic heterocycles. The quantitative estimate of drug-likeness (QED) is 0.614. The Morgan fingerprint density at radius 3 is 2.26 bits per heavy atom. The molecule has 0 heterocycles. The molecule has 1 atom stereocenters. The third kappa shape index (κ3) is 5.05. The van der Waals surface area contributed by atoms with Crippen LogP contribution in [0.3, 0.4) is 0 Å². The van der Waals surface area contributed by atoms with E-state index in [-0.39, 0.29) is 5.57 Å². The fraction of sp³-hybridized carbons (Fsp3) is 0.733. The maximum atomic E-state index is 12.1. The first-order valence-corrected chi connectivity index (χ1v) is 6.85. The van der Waals surface area contributed by atoms with Crippen LogP contribution in [0.25, 0.3) is 0 Å². The van der Waals surface area contributed by atoms with Crippen molar-refractivity contribution in [1.82, 2.24) is 0 Å². The predicted molar refractivity (Wildman–Crippen MR) is 72.7 cm³/mol. The minimum atomic E-state index is -1.12. The fourth-order valence-corrected chi connectivity index (χ4v) is 2.48. The summed E-state index contributed by atoms with van der Waals surface area (Å²) in [4.78, 5) is 23.2. The Morgan fingerprint density at radius 1 is 1.32 bits per heavy atom. The maximum Gasteiger partial charge on any atom is 0.331 e. The van der Waals surface area contributed by atoms with Gasteiger partial charge in [-0.15, -0.1) is 0 Å². The monoisotopic (exact) mass is 268 g/mol. The number of ether oxygens (including phenoxy) is 1. The lowest BCUT2D eigenvalue weighted by Crippen LogP contribution is -2.32. The second kappa shape index (κ2) is 6.22. The lowest BCUT2D eigenvalue weighted by Gasteiger charge is -2.25. The van der Waals surface area contributed by atoms with Gasteiger partial charge in [-0.05, 0) is 33.1 Å². The van der Waals surface area contributed by atoms with Gasteiger partial charge in [-0.1, -0.05) is 32.3 Å². The van der Waals surface area contributed by atoms with Crippen molar-refractivity contribution in [3.63, 3.8) is 0 Å². The van der Waals surface area contributed by atoms with Gasteiger partial charge >= 0.3 is 11.9 Å². The number of aliphatic carboxylic acids is 1. The van der Waals surface area contributed by atoms with E-state index in [1.807, 2.05) is 0 Å². The lowest BCUT2D eigenvalue weighted by molar-refractivity contribution is -0.160. The van der Waals surface area contributed by atoms with Gasteiger partial charge in [0.2, 0.25) is 0 Å². The van der Waals surface area contributed by atoms with Gasteiger partial charge in [0.25, 0.3) is 0 Å². The highest BCUT2D eigenvalue weighted by Gasteiger charge is 2.33. The third-order valence-electron chi connectivity index (χ3n) is 3.43. The summed E-state index contributed by atoms with van der Waals surface area (Å²) in [5.74, 6) is -1.89. The largest absolute Gasteiger partial charge is 0.478 e. The normalized spacial score (nSPS) is 18.1. The molecule has 108 valence electrons. The Hall–Kier alpha value is -1.32. The predicted octanol–water partition coefficient (Wildman–Crippen LogP) is 3.17. The molecule has 1 saturated carbocycles. The number of carbonyl (C=O) groups is 2. The van der Waals surface area contributed by atoms with Gasteiger partial charge in [0.1, 0.15) is 5.60 Å². The van der Waals surface area contributed by atoms with Crippen molar-refractivity contribution >= 4 is 11.9 Å².